The predicted octanol–water partition coefficient (Wildman–Crippen LogP) is 1.85. The van der Waals surface area contributed by atoms with Crippen LogP contribution in [0.1, 0.15) is 11.1 Å². The molecule has 11 heavy (non-hydrogen) atoms. The van der Waals surface area contributed by atoms with Gasteiger partial charge in [-0.05, 0) is 11.1 Å². The van der Waals surface area contributed by atoms with E-state index in [-0.39, 0.29) is 6.61 Å². The van der Waals surface area contributed by atoms with Crippen molar-refractivity contribution in [2.75, 3.05) is 0 Å². The van der Waals surface area contributed by atoms with E-state index < -0.39 is 0 Å². The summed E-state index contributed by atoms with van der Waals surface area (Å²) in [7, 11) is 0. The van der Waals surface area contributed by atoms with Gasteiger partial charge in [-0.1, -0.05) is 24.3 Å². The topological polar surface area (TPSA) is 29.5 Å². The highest BCUT2D eigenvalue weighted by atomic mass is 35.5. The van der Waals surface area contributed by atoms with E-state index in [1.165, 1.54) is 0 Å². The number of aliphatic hydroxyl groups is 1. The van der Waals surface area contributed by atoms with Crippen LogP contribution in [0.2, 0.25) is 0 Å². The second kappa shape index (κ2) is 4.34. The second-order valence-electron chi connectivity index (χ2n) is 2.18. The fourth-order valence-electron chi connectivity index (χ4n) is 0.911. The number of benzene rings is 1. The van der Waals surface area contributed by atoms with E-state index in [1.54, 1.807) is 0 Å². The van der Waals surface area contributed by atoms with E-state index in [0.717, 1.165) is 11.1 Å². The monoisotopic (exact) mass is 172 g/mol. The SMILES string of the molecule is OCc1ccccc1COCl. The third-order valence-corrected chi connectivity index (χ3v) is 1.61. The molecule has 0 heterocycles. The first-order chi connectivity index (χ1) is 5.38. The van der Waals surface area contributed by atoms with Crippen LogP contribution in [0.15, 0.2) is 24.3 Å². The molecule has 0 aliphatic rings. The van der Waals surface area contributed by atoms with Gasteiger partial charge < -0.3 is 5.11 Å². The maximum absolute atomic E-state index is 8.85. The summed E-state index contributed by atoms with van der Waals surface area (Å²) in [5.41, 5.74) is 1.78. The van der Waals surface area contributed by atoms with Crippen molar-refractivity contribution in [2.24, 2.45) is 0 Å². The van der Waals surface area contributed by atoms with Crippen LogP contribution in [0, 0.1) is 0 Å². The standard InChI is InChI=1S/C8H9ClO2/c9-11-6-8-4-2-1-3-7(8)5-10/h1-4,10H,5-6H2. The van der Waals surface area contributed by atoms with E-state index in [1.807, 2.05) is 24.3 Å². The molecule has 0 amide bonds. The van der Waals surface area contributed by atoms with Crippen molar-refractivity contribution < 1.29 is 9.40 Å². The zero-order valence-corrected chi connectivity index (χ0v) is 6.71. The lowest BCUT2D eigenvalue weighted by molar-refractivity contribution is 0.274. The quantitative estimate of drug-likeness (QED) is 0.754. The molecule has 0 saturated heterocycles. The van der Waals surface area contributed by atoms with Crippen LogP contribution in [-0.4, -0.2) is 5.11 Å². The Kier molecular flexibility index (Phi) is 3.36. The lowest BCUT2D eigenvalue weighted by Crippen LogP contribution is -1.92. The highest BCUT2D eigenvalue weighted by Crippen LogP contribution is 2.10. The lowest BCUT2D eigenvalue weighted by atomic mass is 10.1. The van der Waals surface area contributed by atoms with Crippen molar-refractivity contribution in [1.82, 2.24) is 0 Å². The van der Waals surface area contributed by atoms with Crippen LogP contribution in [-0.2, 0) is 17.5 Å². The Morgan fingerprint density at radius 1 is 1.27 bits per heavy atom. The van der Waals surface area contributed by atoms with Gasteiger partial charge in [-0.3, -0.25) is 4.29 Å². The van der Waals surface area contributed by atoms with Crippen LogP contribution < -0.4 is 0 Å². The van der Waals surface area contributed by atoms with E-state index in [0.29, 0.717) is 6.61 Å². The molecule has 1 aromatic carbocycles. The van der Waals surface area contributed by atoms with Crippen LogP contribution in [0.25, 0.3) is 0 Å². The molecule has 0 aliphatic carbocycles. The number of halogens is 1. The van der Waals surface area contributed by atoms with Gasteiger partial charge >= 0.3 is 0 Å². The Bertz CT molecular complexity index is 225. The van der Waals surface area contributed by atoms with Crippen LogP contribution in [0.4, 0.5) is 0 Å². The van der Waals surface area contributed by atoms with E-state index in [9.17, 15) is 0 Å². The van der Waals surface area contributed by atoms with Gasteiger partial charge in [0.15, 0.2) is 0 Å². The number of rotatable bonds is 3. The first-order valence-corrected chi connectivity index (χ1v) is 3.60. The van der Waals surface area contributed by atoms with Gasteiger partial charge in [-0.15, -0.1) is 0 Å². The Labute approximate surface area is 70.5 Å². The summed E-state index contributed by atoms with van der Waals surface area (Å²) in [5, 5.41) is 8.85. The highest BCUT2D eigenvalue weighted by molar-refractivity contribution is 6.07. The third kappa shape index (κ3) is 2.19. The second-order valence-corrected chi connectivity index (χ2v) is 2.40. The molecule has 1 aromatic rings. The first-order valence-electron chi connectivity index (χ1n) is 3.29. The molecule has 0 unspecified atom stereocenters. The largest absolute Gasteiger partial charge is 0.392 e. The van der Waals surface area contributed by atoms with Crippen molar-refractivity contribution in [3.63, 3.8) is 0 Å². The summed E-state index contributed by atoms with van der Waals surface area (Å²) >= 11 is 5.08. The Morgan fingerprint density at radius 2 is 1.91 bits per heavy atom. The molecule has 3 heteroatoms. The molecular weight excluding hydrogens is 164 g/mol. The fourth-order valence-corrected chi connectivity index (χ4v) is 1.03. The van der Waals surface area contributed by atoms with E-state index in [2.05, 4.69) is 4.29 Å². The minimum atomic E-state index is 0.0242. The zero-order chi connectivity index (χ0) is 8.10. The van der Waals surface area contributed by atoms with Crippen molar-refractivity contribution >= 4 is 11.9 Å². The first kappa shape index (κ1) is 8.53. The van der Waals surface area contributed by atoms with Crippen LogP contribution in [0.5, 0.6) is 0 Å². The molecule has 0 fully saturated rings. The van der Waals surface area contributed by atoms with Crippen molar-refractivity contribution in [3.05, 3.63) is 35.4 Å². The normalized spacial score (nSPS) is 10.0. The van der Waals surface area contributed by atoms with E-state index >= 15 is 0 Å². The fraction of sp³-hybridized carbons (Fsp3) is 0.250. The Balaban J connectivity index is 2.83. The highest BCUT2D eigenvalue weighted by Gasteiger charge is 1.98. The lowest BCUT2D eigenvalue weighted by Gasteiger charge is -2.02. The summed E-state index contributed by atoms with van der Waals surface area (Å²) in [6.45, 7) is 0.356. The molecule has 0 atom stereocenters. The van der Waals surface area contributed by atoms with Gasteiger partial charge in [0.05, 0.1) is 25.1 Å². The van der Waals surface area contributed by atoms with Gasteiger partial charge in [0.2, 0.25) is 0 Å². The van der Waals surface area contributed by atoms with Gasteiger partial charge in [-0.25, -0.2) is 0 Å². The Hall–Kier alpha value is -0.570. The third-order valence-electron chi connectivity index (χ3n) is 1.50. The summed E-state index contributed by atoms with van der Waals surface area (Å²) < 4.78 is 4.43. The zero-order valence-electron chi connectivity index (χ0n) is 5.96. The molecule has 60 valence electrons. The van der Waals surface area contributed by atoms with Gasteiger partial charge in [0.25, 0.3) is 0 Å². The van der Waals surface area contributed by atoms with Gasteiger partial charge in [0.1, 0.15) is 0 Å². The van der Waals surface area contributed by atoms with Crippen LogP contribution in [0.3, 0.4) is 0 Å². The molecule has 2 nitrogen and oxygen atoms in total. The maximum atomic E-state index is 8.85. The number of aliphatic hydroxyl groups excluding tert-OH is 1. The Morgan fingerprint density at radius 3 is 2.45 bits per heavy atom. The maximum Gasteiger partial charge on any atom is 0.0936 e. The molecule has 0 aromatic heterocycles. The van der Waals surface area contributed by atoms with Gasteiger partial charge in [0, 0.05) is 0 Å². The molecule has 0 aliphatic heterocycles. The molecule has 0 saturated carbocycles. The van der Waals surface area contributed by atoms with Gasteiger partial charge in [-0.2, -0.15) is 0 Å². The van der Waals surface area contributed by atoms with Crippen LogP contribution >= 0.6 is 11.9 Å². The van der Waals surface area contributed by atoms with Crippen molar-refractivity contribution in [3.8, 4) is 0 Å². The minimum Gasteiger partial charge on any atom is -0.392 e. The average Bonchev–Trinajstić information content (AvgIpc) is 2.06. The van der Waals surface area contributed by atoms with Crippen molar-refractivity contribution in [1.29, 1.82) is 0 Å². The summed E-state index contributed by atoms with van der Waals surface area (Å²) in [4.78, 5) is 0. The summed E-state index contributed by atoms with van der Waals surface area (Å²) in [6.07, 6.45) is 0. The average molecular weight is 173 g/mol. The predicted molar refractivity (Wildman–Crippen MR) is 43.0 cm³/mol. The molecule has 1 N–H and O–H groups in total. The number of hydrogen-bond acceptors (Lipinski definition) is 2. The molecule has 0 bridgehead atoms. The smallest absolute Gasteiger partial charge is 0.0936 e. The summed E-state index contributed by atoms with van der Waals surface area (Å²) in [6, 6.07) is 7.45. The van der Waals surface area contributed by atoms with Crippen molar-refractivity contribution in [2.45, 2.75) is 13.2 Å². The minimum absolute atomic E-state index is 0.0242. The number of hydrogen-bond donors (Lipinski definition) is 1. The molecule has 1 rings (SSSR count). The molecule has 0 spiro atoms. The molecule has 0 radical (unpaired) electrons. The summed E-state index contributed by atoms with van der Waals surface area (Å²) in [5.74, 6) is 0. The molecular formula is C8H9ClO2. The van der Waals surface area contributed by atoms with E-state index in [4.69, 9.17) is 17.0 Å².